The number of nitrogens with zero attached hydrogens (tertiary/aromatic N) is 1. The summed E-state index contributed by atoms with van der Waals surface area (Å²) in [6.07, 6.45) is 1.33. The van der Waals surface area contributed by atoms with Gasteiger partial charge < -0.3 is 10.1 Å². The average Bonchev–Trinajstić information content (AvgIpc) is 3.30. The first-order chi connectivity index (χ1) is 16.1. The van der Waals surface area contributed by atoms with Crippen LogP contribution in [-0.4, -0.2) is 41.7 Å². The van der Waals surface area contributed by atoms with Crippen LogP contribution in [0.4, 0.5) is 5.00 Å². The van der Waals surface area contributed by atoms with Crippen LogP contribution >= 0.6 is 11.3 Å². The van der Waals surface area contributed by atoms with Gasteiger partial charge in [0.25, 0.3) is 0 Å². The predicted octanol–water partition coefficient (Wildman–Crippen LogP) is 4.73. The molecular formula is C26H30N2O5S. The molecule has 1 aromatic heterocycles. The molecule has 2 heterocycles. The largest absolute Gasteiger partial charge is 0.462 e. The minimum Gasteiger partial charge on any atom is -0.462 e. The van der Waals surface area contributed by atoms with E-state index in [4.69, 9.17) is 4.74 Å². The zero-order valence-electron chi connectivity index (χ0n) is 20.0. The Morgan fingerprint density at radius 3 is 2.56 bits per heavy atom. The molecule has 180 valence electrons. The van der Waals surface area contributed by atoms with Gasteiger partial charge in [-0.25, -0.2) is 4.79 Å². The molecule has 1 saturated heterocycles. The molecule has 2 bridgehead atoms. The highest BCUT2D eigenvalue weighted by Gasteiger charge is 2.64. The second-order valence-corrected chi connectivity index (χ2v) is 10.7. The van der Waals surface area contributed by atoms with Crippen molar-refractivity contribution in [2.24, 2.45) is 16.7 Å². The number of carbonyl (C=O) groups excluding carboxylic acids is 4. The van der Waals surface area contributed by atoms with Crippen LogP contribution < -0.4 is 5.32 Å². The third-order valence-corrected chi connectivity index (χ3v) is 8.71. The monoisotopic (exact) mass is 482 g/mol. The average molecular weight is 483 g/mol. The number of hydrogen-bond acceptors (Lipinski definition) is 6. The summed E-state index contributed by atoms with van der Waals surface area (Å²) in [5, 5.41) is 3.20. The van der Waals surface area contributed by atoms with E-state index in [1.54, 1.807) is 13.0 Å². The highest BCUT2D eigenvalue weighted by atomic mass is 32.1. The van der Waals surface area contributed by atoms with Crippen LogP contribution in [0.2, 0.25) is 0 Å². The van der Waals surface area contributed by atoms with Gasteiger partial charge in [-0.05, 0) is 36.8 Å². The number of likely N-dealkylation sites (tertiary alicyclic amines) is 1. The smallest absolute Gasteiger partial charge is 0.341 e. The van der Waals surface area contributed by atoms with E-state index in [1.165, 1.54) is 16.2 Å². The van der Waals surface area contributed by atoms with Gasteiger partial charge in [0.1, 0.15) is 5.00 Å². The maximum atomic E-state index is 13.2. The Morgan fingerprint density at radius 2 is 1.88 bits per heavy atom. The fourth-order valence-corrected chi connectivity index (χ4v) is 6.17. The SMILES string of the molecule is CCOC(=O)c1cc(-c2ccccc2)sc1NC(=O)CCN1C(=O)C2CCC(C)(C1=O)C2(C)C. The van der Waals surface area contributed by atoms with Crippen LogP contribution in [0.5, 0.6) is 0 Å². The number of hydrogen-bond donors (Lipinski definition) is 1. The summed E-state index contributed by atoms with van der Waals surface area (Å²) < 4.78 is 5.16. The molecule has 3 amide bonds. The number of carbonyl (C=O) groups is 4. The summed E-state index contributed by atoms with van der Waals surface area (Å²) in [7, 11) is 0. The van der Waals surface area contributed by atoms with Gasteiger partial charge in [0, 0.05) is 23.8 Å². The summed E-state index contributed by atoms with van der Waals surface area (Å²) in [4.78, 5) is 53.6. The maximum absolute atomic E-state index is 13.2. The van der Waals surface area contributed by atoms with Gasteiger partial charge in [0.2, 0.25) is 17.7 Å². The quantitative estimate of drug-likeness (QED) is 0.455. The van der Waals surface area contributed by atoms with Crippen LogP contribution in [0.15, 0.2) is 36.4 Å². The van der Waals surface area contributed by atoms with E-state index in [9.17, 15) is 19.2 Å². The molecule has 2 atom stereocenters. The minimum absolute atomic E-state index is 0.0251. The number of amides is 3. The second kappa shape index (κ2) is 8.98. The number of rotatable bonds is 7. The van der Waals surface area contributed by atoms with E-state index >= 15 is 0 Å². The number of esters is 1. The van der Waals surface area contributed by atoms with E-state index in [2.05, 4.69) is 5.32 Å². The van der Waals surface area contributed by atoms with Crippen LogP contribution in [0.3, 0.4) is 0 Å². The second-order valence-electron chi connectivity index (χ2n) is 9.68. The van der Waals surface area contributed by atoms with Crippen molar-refractivity contribution < 1.29 is 23.9 Å². The van der Waals surface area contributed by atoms with Crippen molar-refractivity contribution in [2.45, 2.75) is 47.0 Å². The lowest BCUT2D eigenvalue weighted by Crippen LogP contribution is -2.59. The Kier molecular flexibility index (Phi) is 6.38. The Morgan fingerprint density at radius 1 is 1.18 bits per heavy atom. The van der Waals surface area contributed by atoms with Gasteiger partial charge in [0.05, 0.1) is 17.6 Å². The molecule has 2 fully saturated rings. The maximum Gasteiger partial charge on any atom is 0.341 e. The predicted molar refractivity (Wildman–Crippen MR) is 130 cm³/mol. The van der Waals surface area contributed by atoms with E-state index in [0.29, 0.717) is 17.8 Å². The lowest BCUT2D eigenvalue weighted by Gasteiger charge is -2.47. The molecule has 1 aromatic carbocycles. The van der Waals surface area contributed by atoms with Gasteiger partial charge in [-0.2, -0.15) is 0 Å². The Hall–Kier alpha value is -3.00. The van der Waals surface area contributed by atoms with Crippen LogP contribution in [0.25, 0.3) is 10.4 Å². The lowest BCUT2D eigenvalue weighted by molar-refractivity contribution is -0.167. The van der Waals surface area contributed by atoms with Crippen molar-refractivity contribution in [3.8, 4) is 10.4 Å². The van der Waals surface area contributed by atoms with Crippen LogP contribution in [-0.2, 0) is 19.1 Å². The fraction of sp³-hybridized carbons (Fsp3) is 0.462. The molecule has 1 aliphatic heterocycles. The molecule has 1 N–H and O–H groups in total. The number of thiophene rings is 1. The fourth-order valence-electron chi connectivity index (χ4n) is 5.10. The lowest BCUT2D eigenvalue weighted by atomic mass is 9.62. The molecule has 0 spiro atoms. The van der Waals surface area contributed by atoms with Crippen molar-refractivity contribution in [1.82, 2.24) is 4.90 Å². The van der Waals surface area contributed by atoms with Crippen molar-refractivity contribution in [1.29, 1.82) is 0 Å². The Bertz CT molecular complexity index is 1140. The van der Waals surface area contributed by atoms with E-state index < -0.39 is 11.4 Å². The number of nitrogens with one attached hydrogen (secondary N) is 1. The molecular weight excluding hydrogens is 452 g/mol. The number of fused-ring (bicyclic) bond motifs is 2. The van der Waals surface area contributed by atoms with E-state index in [-0.39, 0.29) is 54.2 Å². The number of ether oxygens (including phenoxy) is 1. The van der Waals surface area contributed by atoms with Crippen molar-refractivity contribution in [3.05, 3.63) is 42.0 Å². The third-order valence-electron chi connectivity index (χ3n) is 7.61. The molecule has 0 radical (unpaired) electrons. The summed E-state index contributed by atoms with van der Waals surface area (Å²) in [6.45, 7) is 7.88. The first-order valence-corrected chi connectivity index (χ1v) is 12.4. The van der Waals surface area contributed by atoms with Crippen molar-refractivity contribution in [3.63, 3.8) is 0 Å². The van der Waals surface area contributed by atoms with Gasteiger partial charge in [-0.3, -0.25) is 19.3 Å². The van der Waals surface area contributed by atoms with Crippen LogP contribution in [0, 0.1) is 16.7 Å². The summed E-state index contributed by atoms with van der Waals surface area (Å²) in [5.74, 6) is -1.47. The molecule has 8 heteroatoms. The Balaban J connectivity index is 1.49. The minimum atomic E-state index is -0.600. The standard InChI is InChI=1S/C26H30N2O5S/c1-5-33-23(31)17-15-19(16-9-7-6-8-10-16)34-21(17)27-20(29)12-14-28-22(30)18-11-13-26(4,24(28)32)25(18,2)3/h6-10,15,18H,5,11-14H2,1-4H3,(H,27,29). The van der Waals surface area contributed by atoms with Crippen molar-refractivity contribution in [2.75, 3.05) is 18.5 Å². The first-order valence-electron chi connectivity index (χ1n) is 11.6. The molecule has 2 unspecified atom stereocenters. The first kappa shape index (κ1) is 24.1. The van der Waals surface area contributed by atoms with Gasteiger partial charge >= 0.3 is 5.97 Å². The topological polar surface area (TPSA) is 92.8 Å². The molecule has 1 saturated carbocycles. The molecule has 1 aliphatic carbocycles. The number of anilines is 1. The molecule has 34 heavy (non-hydrogen) atoms. The zero-order chi connectivity index (χ0) is 24.7. The van der Waals surface area contributed by atoms with Gasteiger partial charge in [-0.15, -0.1) is 11.3 Å². The summed E-state index contributed by atoms with van der Waals surface area (Å²) >= 11 is 1.29. The summed E-state index contributed by atoms with van der Waals surface area (Å²) in [5.41, 5.74) is 0.224. The number of benzene rings is 1. The third kappa shape index (κ3) is 3.94. The number of piperidine rings is 1. The normalized spacial score (nSPS) is 23.2. The highest BCUT2D eigenvalue weighted by molar-refractivity contribution is 7.20. The highest BCUT2D eigenvalue weighted by Crippen LogP contribution is 2.60. The molecule has 2 aliphatic rings. The molecule has 4 rings (SSSR count). The van der Waals surface area contributed by atoms with E-state index in [1.807, 2.05) is 51.1 Å². The van der Waals surface area contributed by atoms with E-state index in [0.717, 1.165) is 10.4 Å². The number of imide groups is 1. The Labute approximate surface area is 203 Å². The molecule has 7 nitrogen and oxygen atoms in total. The zero-order valence-corrected chi connectivity index (χ0v) is 20.8. The summed E-state index contributed by atoms with van der Waals surface area (Å²) in [6, 6.07) is 11.3. The molecule has 2 aromatic rings. The van der Waals surface area contributed by atoms with Gasteiger partial charge in [-0.1, -0.05) is 51.1 Å². The van der Waals surface area contributed by atoms with Crippen LogP contribution in [0.1, 0.15) is 57.3 Å². The van der Waals surface area contributed by atoms with Gasteiger partial charge in [0.15, 0.2) is 0 Å². The van der Waals surface area contributed by atoms with Crippen molar-refractivity contribution >= 4 is 40.0 Å².